The van der Waals surface area contributed by atoms with Crippen molar-refractivity contribution in [2.24, 2.45) is 0 Å². The first-order chi connectivity index (χ1) is 9.70. The molecule has 0 spiro atoms. The van der Waals surface area contributed by atoms with Crippen LogP contribution in [0.25, 0.3) is 0 Å². The molecular formula is C14H19N5O. The summed E-state index contributed by atoms with van der Waals surface area (Å²) in [5.74, 6) is 0.850. The van der Waals surface area contributed by atoms with Gasteiger partial charge in [-0.1, -0.05) is 0 Å². The monoisotopic (exact) mass is 273 g/mol. The molecule has 20 heavy (non-hydrogen) atoms. The number of nitrogens with zero attached hydrogens (tertiary/aromatic N) is 1. The van der Waals surface area contributed by atoms with Crippen LogP contribution in [0.5, 0.6) is 0 Å². The Hall–Kier alpha value is -2.50. The predicted molar refractivity (Wildman–Crippen MR) is 79.6 cm³/mol. The van der Waals surface area contributed by atoms with Crippen molar-refractivity contribution >= 4 is 17.3 Å². The Balaban J connectivity index is 1.89. The Labute approximate surface area is 117 Å². The maximum atomic E-state index is 11.6. The number of nitrogen functional groups attached to an aromatic ring is 1. The van der Waals surface area contributed by atoms with E-state index in [1.54, 1.807) is 31.4 Å². The van der Waals surface area contributed by atoms with E-state index in [0.29, 0.717) is 11.3 Å². The van der Waals surface area contributed by atoms with Gasteiger partial charge >= 0.3 is 0 Å². The summed E-state index contributed by atoms with van der Waals surface area (Å²) >= 11 is 0. The van der Waals surface area contributed by atoms with Crippen molar-refractivity contribution in [3.05, 3.63) is 42.0 Å². The molecule has 2 rings (SSSR count). The highest BCUT2D eigenvalue weighted by Crippen LogP contribution is 2.20. The number of rotatable bonds is 6. The minimum atomic E-state index is -0.122. The van der Waals surface area contributed by atoms with E-state index in [-0.39, 0.29) is 5.91 Å². The second-order valence-electron chi connectivity index (χ2n) is 4.45. The Morgan fingerprint density at radius 1 is 1.45 bits per heavy atom. The first-order valence-electron chi connectivity index (χ1n) is 6.54. The van der Waals surface area contributed by atoms with Gasteiger partial charge in [0.1, 0.15) is 5.82 Å². The lowest BCUT2D eigenvalue weighted by Gasteiger charge is -2.10. The second-order valence-corrected chi connectivity index (χ2v) is 4.45. The molecule has 1 heterocycles. The molecule has 0 saturated carbocycles. The molecule has 1 aromatic carbocycles. The topological polar surface area (TPSA) is 95.8 Å². The fraction of sp³-hybridized carbons (Fsp3) is 0.286. The molecule has 0 atom stereocenters. The van der Waals surface area contributed by atoms with Crippen molar-refractivity contribution in [3.8, 4) is 0 Å². The van der Waals surface area contributed by atoms with Crippen molar-refractivity contribution in [2.75, 3.05) is 24.6 Å². The van der Waals surface area contributed by atoms with Crippen LogP contribution >= 0.6 is 0 Å². The van der Waals surface area contributed by atoms with Gasteiger partial charge in [-0.15, -0.1) is 0 Å². The van der Waals surface area contributed by atoms with Crippen molar-refractivity contribution in [3.63, 3.8) is 0 Å². The summed E-state index contributed by atoms with van der Waals surface area (Å²) in [6.45, 7) is 0.766. The summed E-state index contributed by atoms with van der Waals surface area (Å²) in [7, 11) is 1.61. The largest absolute Gasteiger partial charge is 0.397 e. The van der Waals surface area contributed by atoms with Gasteiger partial charge in [0, 0.05) is 38.0 Å². The lowest BCUT2D eigenvalue weighted by molar-refractivity contribution is 0.0963. The zero-order chi connectivity index (χ0) is 14.4. The molecule has 5 N–H and O–H groups in total. The highest BCUT2D eigenvalue weighted by atomic mass is 16.1. The highest BCUT2D eigenvalue weighted by molar-refractivity contribution is 5.96. The molecule has 0 unspecified atom stereocenters. The molecule has 0 aliphatic carbocycles. The lowest BCUT2D eigenvalue weighted by atomic mass is 10.1. The molecule has 1 aromatic heterocycles. The zero-order valence-electron chi connectivity index (χ0n) is 11.4. The summed E-state index contributed by atoms with van der Waals surface area (Å²) in [6.07, 6.45) is 5.35. The molecule has 6 heteroatoms. The van der Waals surface area contributed by atoms with Gasteiger partial charge in [-0.25, -0.2) is 4.98 Å². The van der Waals surface area contributed by atoms with E-state index in [1.807, 2.05) is 6.20 Å². The standard InChI is InChI=1S/C14H19N5O/c1-16-14(20)10-4-5-11(15)12(9-10)17-6-2-3-13-18-7-8-19-13/h4-5,7-9,17H,2-3,6,15H2,1H3,(H,16,20)(H,18,19). The van der Waals surface area contributed by atoms with Gasteiger partial charge in [0.05, 0.1) is 11.4 Å². The first-order valence-corrected chi connectivity index (χ1v) is 6.54. The number of amides is 1. The summed E-state index contributed by atoms with van der Waals surface area (Å²) < 4.78 is 0. The van der Waals surface area contributed by atoms with E-state index < -0.39 is 0 Å². The Bertz CT molecular complexity index is 565. The van der Waals surface area contributed by atoms with Crippen LogP contribution < -0.4 is 16.4 Å². The van der Waals surface area contributed by atoms with Crippen LogP contribution in [0.3, 0.4) is 0 Å². The number of aromatic amines is 1. The lowest BCUT2D eigenvalue weighted by Crippen LogP contribution is -2.18. The SMILES string of the molecule is CNC(=O)c1ccc(N)c(NCCCc2ncc[nH]2)c1. The summed E-state index contributed by atoms with van der Waals surface area (Å²) in [5, 5.41) is 5.84. The van der Waals surface area contributed by atoms with E-state index in [9.17, 15) is 4.79 Å². The van der Waals surface area contributed by atoms with Gasteiger partial charge in [0.25, 0.3) is 5.91 Å². The van der Waals surface area contributed by atoms with Crippen molar-refractivity contribution in [2.45, 2.75) is 12.8 Å². The second kappa shape index (κ2) is 6.60. The average molecular weight is 273 g/mol. The number of imidazole rings is 1. The highest BCUT2D eigenvalue weighted by Gasteiger charge is 2.06. The third-order valence-corrected chi connectivity index (χ3v) is 3.00. The smallest absolute Gasteiger partial charge is 0.251 e. The number of benzene rings is 1. The molecule has 0 saturated heterocycles. The van der Waals surface area contributed by atoms with Crippen LogP contribution in [-0.4, -0.2) is 29.5 Å². The van der Waals surface area contributed by atoms with Crippen LogP contribution in [-0.2, 0) is 6.42 Å². The molecule has 6 nitrogen and oxygen atoms in total. The van der Waals surface area contributed by atoms with Crippen LogP contribution in [0, 0.1) is 0 Å². The van der Waals surface area contributed by atoms with Crippen LogP contribution in [0.1, 0.15) is 22.6 Å². The molecule has 0 aliphatic heterocycles. The summed E-state index contributed by atoms with van der Waals surface area (Å²) in [4.78, 5) is 18.8. The number of aryl methyl sites for hydroxylation is 1. The Morgan fingerprint density at radius 3 is 3.00 bits per heavy atom. The van der Waals surface area contributed by atoms with Gasteiger partial charge < -0.3 is 21.4 Å². The van der Waals surface area contributed by atoms with E-state index in [4.69, 9.17) is 5.73 Å². The minimum absolute atomic E-state index is 0.122. The number of hydrogen-bond acceptors (Lipinski definition) is 4. The number of nitrogens with one attached hydrogen (secondary N) is 3. The zero-order valence-corrected chi connectivity index (χ0v) is 11.4. The summed E-state index contributed by atoms with van der Waals surface area (Å²) in [6, 6.07) is 5.21. The number of H-pyrrole nitrogens is 1. The van der Waals surface area contributed by atoms with Crippen LogP contribution in [0.15, 0.2) is 30.6 Å². The fourth-order valence-electron chi connectivity index (χ4n) is 1.91. The molecule has 0 fully saturated rings. The van der Waals surface area contributed by atoms with E-state index >= 15 is 0 Å². The van der Waals surface area contributed by atoms with Gasteiger partial charge in [0.2, 0.25) is 0 Å². The summed E-state index contributed by atoms with van der Waals surface area (Å²) in [5.41, 5.74) is 7.91. The molecule has 0 bridgehead atoms. The molecule has 2 aromatic rings. The van der Waals surface area contributed by atoms with E-state index in [0.717, 1.165) is 30.9 Å². The van der Waals surface area contributed by atoms with Crippen molar-refractivity contribution < 1.29 is 4.79 Å². The number of aromatic nitrogens is 2. The Kier molecular flexibility index (Phi) is 4.60. The quantitative estimate of drug-likeness (QED) is 0.472. The minimum Gasteiger partial charge on any atom is -0.397 e. The van der Waals surface area contributed by atoms with Gasteiger partial charge in [-0.05, 0) is 24.6 Å². The third-order valence-electron chi connectivity index (χ3n) is 3.00. The third kappa shape index (κ3) is 3.50. The van der Waals surface area contributed by atoms with Gasteiger partial charge in [0.15, 0.2) is 0 Å². The first kappa shape index (κ1) is 13.9. The average Bonchev–Trinajstić information content (AvgIpc) is 2.97. The van der Waals surface area contributed by atoms with Crippen LogP contribution in [0.4, 0.5) is 11.4 Å². The van der Waals surface area contributed by atoms with E-state index in [2.05, 4.69) is 20.6 Å². The maximum Gasteiger partial charge on any atom is 0.251 e. The number of carbonyl (C=O) groups excluding carboxylic acids is 1. The van der Waals surface area contributed by atoms with Crippen LogP contribution in [0.2, 0.25) is 0 Å². The molecular weight excluding hydrogens is 254 g/mol. The molecule has 1 amide bonds. The number of anilines is 2. The fourth-order valence-corrected chi connectivity index (χ4v) is 1.91. The van der Waals surface area contributed by atoms with Crippen molar-refractivity contribution in [1.82, 2.24) is 15.3 Å². The molecule has 0 radical (unpaired) electrons. The normalized spacial score (nSPS) is 10.2. The number of hydrogen-bond donors (Lipinski definition) is 4. The van der Waals surface area contributed by atoms with Crippen molar-refractivity contribution in [1.29, 1.82) is 0 Å². The van der Waals surface area contributed by atoms with E-state index in [1.165, 1.54) is 0 Å². The van der Waals surface area contributed by atoms with Gasteiger partial charge in [-0.2, -0.15) is 0 Å². The maximum absolute atomic E-state index is 11.6. The molecule has 0 aliphatic rings. The predicted octanol–water partition coefficient (Wildman–Crippen LogP) is 1.40. The number of carbonyl (C=O) groups is 1. The Morgan fingerprint density at radius 2 is 2.30 bits per heavy atom. The van der Waals surface area contributed by atoms with Gasteiger partial charge in [-0.3, -0.25) is 4.79 Å². The number of nitrogens with two attached hydrogens (primary N) is 1. The molecule has 106 valence electrons.